The number of carbonyl (C=O) groups is 2. The second kappa shape index (κ2) is 7.59. The van der Waals surface area contributed by atoms with Gasteiger partial charge in [-0.05, 0) is 45.2 Å². The lowest BCUT2D eigenvalue weighted by Gasteiger charge is -2.14. The van der Waals surface area contributed by atoms with Crippen molar-refractivity contribution in [3.63, 3.8) is 0 Å². The van der Waals surface area contributed by atoms with Crippen LogP contribution in [0.5, 0.6) is 5.75 Å². The molecule has 1 aromatic carbocycles. The third-order valence-corrected chi connectivity index (χ3v) is 4.33. The van der Waals surface area contributed by atoms with E-state index >= 15 is 0 Å². The molecular formula is C19H26N2O4. The van der Waals surface area contributed by atoms with Gasteiger partial charge in [-0.25, -0.2) is 9.36 Å². The number of benzene rings is 1. The molecule has 2 rings (SSSR count). The zero-order chi connectivity index (χ0) is 18.7. The molecule has 0 aliphatic carbocycles. The fourth-order valence-corrected chi connectivity index (χ4v) is 2.86. The molecule has 0 aliphatic heterocycles. The van der Waals surface area contributed by atoms with Crippen LogP contribution in [0, 0.1) is 13.8 Å². The number of hydrogen-bond acceptors (Lipinski definition) is 4. The molecule has 1 unspecified atom stereocenters. The van der Waals surface area contributed by atoms with E-state index in [2.05, 4.69) is 5.32 Å². The number of carbonyl (C=O) groups excluding carboxylic acids is 2. The normalized spacial score (nSPS) is 12.1. The Labute approximate surface area is 148 Å². The van der Waals surface area contributed by atoms with E-state index in [0.29, 0.717) is 17.9 Å². The summed E-state index contributed by atoms with van der Waals surface area (Å²) in [5.41, 5.74) is 2.63. The topological polar surface area (TPSA) is 69.6 Å². The molecule has 6 nitrogen and oxygen atoms in total. The van der Waals surface area contributed by atoms with Gasteiger partial charge in [-0.15, -0.1) is 0 Å². The van der Waals surface area contributed by atoms with Crippen LogP contribution in [0.3, 0.4) is 0 Å². The van der Waals surface area contributed by atoms with Gasteiger partial charge in [0.25, 0.3) is 5.91 Å². The van der Waals surface area contributed by atoms with Crippen molar-refractivity contribution in [3.8, 4) is 5.75 Å². The molecule has 1 atom stereocenters. The highest BCUT2D eigenvalue weighted by Gasteiger charge is 2.30. The Bertz CT molecular complexity index is 808. The van der Waals surface area contributed by atoms with Gasteiger partial charge >= 0.3 is 6.09 Å². The minimum atomic E-state index is -0.612. The molecule has 2 aromatic rings. The second-order valence-corrected chi connectivity index (χ2v) is 6.12. The van der Waals surface area contributed by atoms with Crippen molar-refractivity contribution in [2.75, 3.05) is 13.7 Å². The van der Waals surface area contributed by atoms with Crippen molar-refractivity contribution in [1.82, 2.24) is 9.88 Å². The molecule has 136 valence electrons. The van der Waals surface area contributed by atoms with E-state index in [1.165, 1.54) is 11.7 Å². The molecule has 1 amide bonds. The van der Waals surface area contributed by atoms with Crippen molar-refractivity contribution in [3.05, 3.63) is 29.0 Å². The van der Waals surface area contributed by atoms with Crippen LogP contribution in [0.25, 0.3) is 10.9 Å². The van der Waals surface area contributed by atoms with Crippen molar-refractivity contribution in [2.45, 2.75) is 47.1 Å². The quantitative estimate of drug-likeness (QED) is 0.894. The summed E-state index contributed by atoms with van der Waals surface area (Å²) in [5, 5.41) is 3.68. The van der Waals surface area contributed by atoms with E-state index in [-0.39, 0.29) is 17.6 Å². The maximum atomic E-state index is 12.9. The standard InChI is InChI=1S/C19H26N2O4/c1-7-13(5)20-18(22)16-17(25-8-2)14-11(3)9-10-12(4)15(14)21(16)19(23)24-6/h9-10,13H,7-8H2,1-6H3,(H,20,22). The van der Waals surface area contributed by atoms with Gasteiger partial charge in [-0.1, -0.05) is 19.1 Å². The summed E-state index contributed by atoms with van der Waals surface area (Å²) in [5.74, 6) is 0.0723. The molecule has 0 aliphatic rings. The van der Waals surface area contributed by atoms with Gasteiger partial charge < -0.3 is 14.8 Å². The minimum Gasteiger partial charge on any atom is -0.491 e. The minimum absolute atomic E-state index is 0.0201. The summed E-state index contributed by atoms with van der Waals surface area (Å²) < 4.78 is 12.1. The number of aromatic nitrogens is 1. The lowest BCUT2D eigenvalue weighted by atomic mass is 10.1. The molecule has 0 bridgehead atoms. The third-order valence-electron chi connectivity index (χ3n) is 4.33. The van der Waals surface area contributed by atoms with Crippen molar-refractivity contribution >= 4 is 22.9 Å². The average molecular weight is 346 g/mol. The van der Waals surface area contributed by atoms with Gasteiger partial charge in [0.05, 0.1) is 19.2 Å². The number of ether oxygens (including phenoxy) is 2. The Morgan fingerprint density at radius 2 is 1.84 bits per heavy atom. The van der Waals surface area contributed by atoms with Crippen LogP contribution in [0.4, 0.5) is 4.79 Å². The van der Waals surface area contributed by atoms with Crippen LogP contribution in [0.1, 0.15) is 48.8 Å². The molecule has 1 N–H and O–H groups in total. The van der Waals surface area contributed by atoms with E-state index in [4.69, 9.17) is 9.47 Å². The summed E-state index contributed by atoms with van der Waals surface area (Å²) >= 11 is 0. The monoisotopic (exact) mass is 346 g/mol. The van der Waals surface area contributed by atoms with Crippen LogP contribution in [-0.4, -0.2) is 36.3 Å². The lowest BCUT2D eigenvalue weighted by Crippen LogP contribution is -2.34. The van der Waals surface area contributed by atoms with Crippen molar-refractivity contribution in [1.29, 1.82) is 0 Å². The molecule has 0 radical (unpaired) electrons. The summed E-state index contributed by atoms with van der Waals surface area (Å²) in [6.45, 7) is 9.97. The maximum absolute atomic E-state index is 12.9. The molecule has 6 heteroatoms. The zero-order valence-corrected chi connectivity index (χ0v) is 15.7. The number of nitrogens with one attached hydrogen (secondary N) is 1. The number of aryl methyl sites for hydroxylation is 2. The van der Waals surface area contributed by atoms with Gasteiger partial charge in [0, 0.05) is 11.4 Å². The largest absolute Gasteiger partial charge is 0.491 e. The summed E-state index contributed by atoms with van der Waals surface area (Å²) in [6.07, 6.45) is 0.172. The molecule has 0 fully saturated rings. The van der Waals surface area contributed by atoms with Crippen LogP contribution in [-0.2, 0) is 4.74 Å². The Morgan fingerprint density at radius 3 is 2.40 bits per heavy atom. The predicted octanol–water partition coefficient (Wildman–Crippen LogP) is 3.80. The van der Waals surface area contributed by atoms with E-state index in [1.807, 2.05) is 46.8 Å². The third kappa shape index (κ3) is 3.34. The first-order valence-electron chi connectivity index (χ1n) is 8.53. The molecule has 1 aromatic heterocycles. The zero-order valence-electron chi connectivity index (χ0n) is 15.7. The predicted molar refractivity (Wildman–Crippen MR) is 97.6 cm³/mol. The Kier molecular flexibility index (Phi) is 5.72. The molecule has 0 spiro atoms. The second-order valence-electron chi connectivity index (χ2n) is 6.12. The fourth-order valence-electron chi connectivity index (χ4n) is 2.86. The van der Waals surface area contributed by atoms with E-state index < -0.39 is 6.09 Å². The number of fused-ring (bicyclic) bond motifs is 1. The van der Waals surface area contributed by atoms with Gasteiger partial charge in [-0.3, -0.25) is 4.79 Å². The molecule has 1 heterocycles. The first kappa shape index (κ1) is 18.8. The number of methoxy groups -OCH3 is 1. The number of rotatable bonds is 5. The van der Waals surface area contributed by atoms with Gasteiger partial charge in [0.2, 0.25) is 0 Å². The highest BCUT2D eigenvalue weighted by atomic mass is 16.5. The Hall–Kier alpha value is -2.50. The Morgan fingerprint density at radius 1 is 1.20 bits per heavy atom. The first-order chi connectivity index (χ1) is 11.9. The SMILES string of the molecule is CCOc1c(C(=O)NC(C)CC)n(C(=O)OC)c2c(C)ccc(C)c12. The van der Waals surface area contributed by atoms with Crippen LogP contribution in [0.15, 0.2) is 12.1 Å². The van der Waals surface area contributed by atoms with E-state index in [1.54, 1.807) is 0 Å². The van der Waals surface area contributed by atoms with Crippen LogP contribution in [0.2, 0.25) is 0 Å². The summed E-state index contributed by atoms with van der Waals surface area (Å²) in [6, 6.07) is 3.86. The highest BCUT2D eigenvalue weighted by Crippen LogP contribution is 2.37. The number of hydrogen-bond donors (Lipinski definition) is 1. The number of amides is 1. The summed E-state index contributed by atoms with van der Waals surface area (Å²) in [7, 11) is 1.30. The Balaban J connectivity index is 2.87. The lowest BCUT2D eigenvalue weighted by molar-refractivity contribution is 0.0923. The molecule has 25 heavy (non-hydrogen) atoms. The van der Waals surface area contributed by atoms with Crippen LogP contribution >= 0.6 is 0 Å². The van der Waals surface area contributed by atoms with Gasteiger partial charge in [0.15, 0.2) is 11.4 Å². The smallest absolute Gasteiger partial charge is 0.419 e. The van der Waals surface area contributed by atoms with E-state index in [0.717, 1.165) is 22.9 Å². The van der Waals surface area contributed by atoms with Crippen LogP contribution < -0.4 is 10.1 Å². The summed E-state index contributed by atoms with van der Waals surface area (Å²) in [4.78, 5) is 25.4. The van der Waals surface area contributed by atoms with Crippen molar-refractivity contribution in [2.24, 2.45) is 0 Å². The van der Waals surface area contributed by atoms with Crippen molar-refractivity contribution < 1.29 is 19.1 Å². The van der Waals surface area contributed by atoms with Gasteiger partial charge in [0.1, 0.15) is 0 Å². The maximum Gasteiger partial charge on any atom is 0.419 e. The fraction of sp³-hybridized carbons (Fsp3) is 0.474. The molecule has 0 saturated heterocycles. The first-order valence-corrected chi connectivity index (χ1v) is 8.53. The highest BCUT2D eigenvalue weighted by molar-refractivity contribution is 6.10. The van der Waals surface area contributed by atoms with E-state index in [9.17, 15) is 9.59 Å². The molecule has 0 saturated carbocycles. The average Bonchev–Trinajstić information content (AvgIpc) is 2.94. The molecular weight excluding hydrogens is 320 g/mol. The number of nitrogens with zero attached hydrogens (tertiary/aromatic N) is 1. The van der Waals surface area contributed by atoms with Gasteiger partial charge in [-0.2, -0.15) is 0 Å².